The molecule has 0 spiro atoms. The summed E-state index contributed by atoms with van der Waals surface area (Å²) in [6.45, 7) is 3.59. The number of aliphatic hydroxyl groups is 1. The van der Waals surface area contributed by atoms with Gasteiger partial charge in [-0.1, -0.05) is 12.1 Å². The third kappa shape index (κ3) is 4.02. The van der Waals surface area contributed by atoms with Crippen LogP contribution in [0, 0.1) is 5.82 Å². The quantitative estimate of drug-likeness (QED) is 0.858. The van der Waals surface area contributed by atoms with Crippen LogP contribution in [0.5, 0.6) is 0 Å². The van der Waals surface area contributed by atoms with Gasteiger partial charge in [0.2, 0.25) is 5.91 Å². The highest BCUT2D eigenvalue weighted by molar-refractivity contribution is 5.78. The molecule has 1 aromatic rings. The molecule has 1 aliphatic rings. The molecule has 2 rings (SSSR count). The van der Waals surface area contributed by atoms with Gasteiger partial charge in [-0.15, -0.1) is 0 Å². The summed E-state index contributed by atoms with van der Waals surface area (Å²) in [4.78, 5) is 13.9. The van der Waals surface area contributed by atoms with E-state index in [9.17, 15) is 14.3 Å². The molecule has 0 radical (unpaired) electrons. The van der Waals surface area contributed by atoms with Crippen molar-refractivity contribution in [3.8, 4) is 0 Å². The lowest BCUT2D eigenvalue weighted by atomic mass is 10.1. The standard InChI is InChI=1S/C15H21FN2O2/c1-11-3-2-8-18(11)10-15(20)17-9-14(19)12-4-6-13(16)7-5-12/h4-7,11,14,19H,2-3,8-10H2,1H3,(H,17,20). The number of aliphatic hydroxyl groups excluding tert-OH is 1. The molecule has 5 heteroatoms. The molecule has 1 aliphatic heterocycles. The van der Waals surface area contributed by atoms with E-state index >= 15 is 0 Å². The van der Waals surface area contributed by atoms with Crippen LogP contribution in [0.1, 0.15) is 31.4 Å². The molecule has 110 valence electrons. The minimum absolute atomic E-state index is 0.0834. The first kappa shape index (κ1) is 14.9. The van der Waals surface area contributed by atoms with Gasteiger partial charge in [0.15, 0.2) is 0 Å². The van der Waals surface area contributed by atoms with Gasteiger partial charge < -0.3 is 10.4 Å². The van der Waals surface area contributed by atoms with Gasteiger partial charge in [-0.2, -0.15) is 0 Å². The van der Waals surface area contributed by atoms with E-state index in [1.165, 1.54) is 24.3 Å². The molecule has 1 fully saturated rings. The molecule has 4 nitrogen and oxygen atoms in total. The summed E-state index contributed by atoms with van der Waals surface area (Å²) < 4.78 is 12.8. The van der Waals surface area contributed by atoms with Crippen LogP contribution in [0.4, 0.5) is 4.39 Å². The Kier molecular flexibility index (Phi) is 5.09. The monoisotopic (exact) mass is 280 g/mol. The van der Waals surface area contributed by atoms with Gasteiger partial charge in [-0.3, -0.25) is 9.69 Å². The second kappa shape index (κ2) is 6.81. The van der Waals surface area contributed by atoms with Gasteiger partial charge in [0.1, 0.15) is 5.82 Å². The predicted octanol–water partition coefficient (Wildman–Crippen LogP) is 1.46. The Bertz CT molecular complexity index is 450. The van der Waals surface area contributed by atoms with Crippen molar-refractivity contribution in [1.82, 2.24) is 10.2 Å². The Morgan fingerprint density at radius 3 is 2.80 bits per heavy atom. The zero-order valence-electron chi connectivity index (χ0n) is 11.7. The number of hydrogen-bond acceptors (Lipinski definition) is 3. The molecular weight excluding hydrogens is 259 g/mol. The molecule has 0 bridgehead atoms. The third-order valence-corrected chi connectivity index (χ3v) is 3.78. The minimum Gasteiger partial charge on any atom is -0.387 e. The molecule has 0 aliphatic carbocycles. The number of carbonyl (C=O) groups is 1. The van der Waals surface area contributed by atoms with Crippen molar-refractivity contribution in [2.45, 2.75) is 31.9 Å². The topological polar surface area (TPSA) is 52.6 Å². The van der Waals surface area contributed by atoms with Crippen LogP contribution >= 0.6 is 0 Å². The van der Waals surface area contributed by atoms with E-state index in [0.29, 0.717) is 18.2 Å². The Hall–Kier alpha value is -1.46. The summed E-state index contributed by atoms with van der Waals surface area (Å²) in [6.07, 6.45) is 1.45. The Morgan fingerprint density at radius 2 is 2.20 bits per heavy atom. The summed E-state index contributed by atoms with van der Waals surface area (Å²) in [6, 6.07) is 6.09. The van der Waals surface area contributed by atoms with Crippen molar-refractivity contribution < 1.29 is 14.3 Å². The Labute approximate surface area is 118 Å². The van der Waals surface area contributed by atoms with Crippen molar-refractivity contribution in [2.24, 2.45) is 0 Å². The molecular formula is C15H21FN2O2. The fourth-order valence-corrected chi connectivity index (χ4v) is 2.48. The highest BCUT2D eigenvalue weighted by Gasteiger charge is 2.22. The lowest BCUT2D eigenvalue weighted by molar-refractivity contribution is -0.122. The van der Waals surface area contributed by atoms with E-state index < -0.39 is 6.10 Å². The van der Waals surface area contributed by atoms with Gasteiger partial charge in [0.05, 0.1) is 12.6 Å². The number of halogens is 1. The van der Waals surface area contributed by atoms with Crippen molar-refractivity contribution in [3.63, 3.8) is 0 Å². The second-order valence-electron chi connectivity index (χ2n) is 5.33. The van der Waals surface area contributed by atoms with Gasteiger partial charge in [0.25, 0.3) is 0 Å². The maximum atomic E-state index is 12.8. The van der Waals surface area contributed by atoms with Crippen molar-refractivity contribution >= 4 is 5.91 Å². The molecule has 1 heterocycles. The first-order chi connectivity index (χ1) is 9.56. The summed E-state index contributed by atoms with van der Waals surface area (Å²) in [5.74, 6) is -0.423. The number of rotatable bonds is 5. The molecule has 2 atom stereocenters. The van der Waals surface area contributed by atoms with Crippen molar-refractivity contribution in [1.29, 1.82) is 0 Å². The van der Waals surface area contributed by atoms with Crippen molar-refractivity contribution in [3.05, 3.63) is 35.6 Å². The van der Waals surface area contributed by atoms with Crippen LogP contribution in [-0.4, -0.2) is 41.6 Å². The number of nitrogens with zero attached hydrogens (tertiary/aromatic N) is 1. The van der Waals surface area contributed by atoms with E-state index in [1.54, 1.807) is 0 Å². The fraction of sp³-hybridized carbons (Fsp3) is 0.533. The maximum Gasteiger partial charge on any atom is 0.234 e. The zero-order valence-corrected chi connectivity index (χ0v) is 11.7. The number of hydrogen-bond donors (Lipinski definition) is 2. The Balaban J connectivity index is 1.76. The minimum atomic E-state index is -0.810. The third-order valence-electron chi connectivity index (χ3n) is 3.78. The smallest absolute Gasteiger partial charge is 0.234 e. The van der Waals surface area contributed by atoms with E-state index in [0.717, 1.165) is 19.4 Å². The predicted molar refractivity (Wildman–Crippen MR) is 74.6 cm³/mol. The average molecular weight is 280 g/mol. The Morgan fingerprint density at radius 1 is 1.50 bits per heavy atom. The van der Waals surface area contributed by atoms with Gasteiger partial charge in [-0.05, 0) is 44.0 Å². The lowest BCUT2D eigenvalue weighted by Gasteiger charge is -2.20. The molecule has 2 unspecified atom stereocenters. The van der Waals surface area contributed by atoms with E-state index in [2.05, 4.69) is 17.1 Å². The highest BCUT2D eigenvalue weighted by Crippen LogP contribution is 2.15. The lowest BCUT2D eigenvalue weighted by Crippen LogP contribution is -2.40. The maximum absolute atomic E-state index is 12.8. The van der Waals surface area contributed by atoms with Crippen molar-refractivity contribution in [2.75, 3.05) is 19.6 Å². The fourth-order valence-electron chi connectivity index (χ4n) is 2.48. The number of benzene rings is 1. The SMILES string of the molecule is CC1CCCN1CC(=O)NCC(O)c1ccc(F)cc1. The van der Waals surface area contributed by atoms with Crippen LogP contribution in [0.15, 0.2) is 24.3 Å². The van der Waals surface area contributed by atoms with Gasteiger partial charge in [-0.25, -0.2) is 4.39 Å². The number of likely N-dealkylation sites (tertiary alicyclic amines) is 1. The van der Waals surface area contributed by atoms with Crippen LogP contribution in [0.25, 0.3) is 0 Å². The average Bonchev–Trinajstić information content (AvgIpc) is 2.82. The zero-order chi connectivity index (χ0) is 14.5. The summed E-state index contributed by atoms with van der Waals surface area (Å²) in [5.41, 5.74) is 0.598. The van der Waals surface area contributed by atoms with E-state index in [-0.39, 0.29) is 18.3 Å². The first-order valence-electron chi connectivity index (χ1n) is 7.00. The summed E-state index contributed by atoms with van der Waals surface area (Å²) in [7, 11) is 0. The summed E-state index contributed by atoms with van der Waals surface area (Å²) in [5, 5.41) is 12.6. The number of carbonyl (C=O) groups excluding carboxylic acids is 1. The molecule has 1 aromatic carbocycles. The largest absolute Gasteiger partial charge is 0.387 e. The van der Waals surface area contributed by atoms with Crippen LogP contribution < -0.4 is 5.32 Å². The highest BCUT2D eigenvalue weighted by atomic mass is 19.1. The van der Waals surface area contributed by atoms with Crippen LogP contribution in [0.3, 0.4) is 0 Å². The molecule has 1 saturated heterocycles. The molecule has 2 N–H and O–H groups in total. The summed E-state index contributed by atoms with van der Waals surface area (Å²) >= 11 is 0. The van der Waals surface area contributed by atoms with Gasteiger partial charge in [0, 0.05) is 12.6 Å². The second-order valence-corrected chi connectivity index (χ2v) is 5.33. The van der Waals surface area contributed by atoms with Crippen LogP contribution in [-0.2, 0) is 4.79 Å². The van der Waals surface area contributed by atoms with E-state index in [1.807, 2.05) is 0 Å². The molecule has 1 amide bonds. The van der Waals surface area contributed by atoms with E-state index in [4.69, 9.17) is 0 Å². The molecule has 20 heavy (non-hydrogen) atoms. The molecule has 0 saturated carbocycles. The normalized spacial score (nSPS) is 20.9. The van der Waals surface area contributed by atoms with Gasteiger partial charge >= 0.3 is 0 Å². The number of amides is 1. The van der Waals surface area contributed by atoms with Crippen LogP contribution in [0.2, 0.25) is 0 Å². The molecule has 0 aromatic heterocycles. The first-order valence-corrected chi connectivity index (χ1v) is 7.00. The number of nitrogens with one attached hydrogen (secondary N) is 1.